The Bertz CT molecular complexity index is 604. The van der Waals surface area contributed by atoms with E-state index in [0.29, 0.717) is 0 Å². The number of imidazole rings is 1. The van der Waals surface area contributed by atoms with Crippen LogP contribution in [0.15, 0.2) is 18.2 Å². The molecule has 0 amide bonds. The molecule has 0 spiro atoms. The van der Waals surface area contributed by atoms with Gasteiger partial charge in [-0.2, -0.15) is 0 Å². The third kappa shape index (κ3) is 3.17. The molecule has 2 rings (SSSR count). The number of rotatable bonds is 7. The Labute approximate surface area is 118 Å². The quantitative estimate of drug-likeness (QED) is 0.790. The highest BCUT2D eigenvalue weighted by Crippen LogP contribution is 2.18. The number of aromatic nitrogens is 2. The summed E-state index contributed by atoms with van der Waals surface area (Å²) in [6, 6.07) is 5.07. The molecule has 1 heterocycles. The zero-order valence-corrected chi connectivity index (χ0v) is 11.9. The zero-order valence-electron chi connectivity index (χ0n) is 11.9. The van der Waals surface area contributed by atoms with Gasteiger partial charge in [-0.3, -0.25) is 0 Å². The molecule has 1 aromatic heterocycles. The molecule has 0 radical (unpaired) electrons. The highest BCUT2D eigenvalue weighted by molar-refractivity contribution is 5.92. The Balaban J connectivity index is 2.13. The second-order valence-corrected chi connectivity index (χ2v) is 4.79. The molecular weight excluding hydrogens is 256 g/mol. The van der Waals surface area contributed by atoms with Crippen LogP contribution in [0, 0.1) is 6.92 Å². The summed E-state index contributed by atoms with van der Waals surface area (Å²) < 4.78 is 7.58. The standard InChI is InChI=1S/C15H20N2O3/c1-3-8-20-9-4-7-17-11(2)16-13-10-12(15(18)19)5-6-14(13)17/h5-6,10H,3-4,7-9H2,1-2H3,(H,18,19). The van der Waals surface area contributed by atoms with Crippen molar-refractivity contribution in [3.63, 3.8) is 0 Å². The van der Waals surface area contributed by atoms with Gasteiger partial charge < -0.3 is 14.4 Å². The van der Waals surface area contributed by atoms with E-state index in [1.165, 1.54) is 0 Å². The summed E-state index contributed by atoms with van der Waals surface area (Å²) in [6.07, 6.45) is 1.96. The summed E-state index contributed by atoms with van der Waals surface area (Å²) in [4.78, 5) is 15.4. The topological polar surface area (TPSA) is 64.4 Å². The van der Waals surface area contributed by atoms with Crippen molar-refractivity contribution in [3.8, 4) is 0 Å². The second-order valence-electron chi connectivity index (χ2n) is 4.79. The van der Waals surface area contributed by atoms with Crippen LogP contribution in [0.3, 0.4) is 0 Å². The minimum absolute atomic E-state index is 0.272. The number of nitrogens with zero attached hydrogens (tertiary/aromatic N) is 2. The fourth-order valence-corrected chi connectivity index (χ4v) is 2.24. The van der Waals surface area contributed by atoms with Gasteiger partial charge in [0, 0.05) is 19.8 Å². The van der Waals surface area contributed by atoms with Crippen molar-refractivity contribution in [3.05, 3.63) is 29.6 Å². The Morgan fingerprint density at radius 1 is 1.40 bits per heavy atom. The van der Waals surface area contributed by atoms with Crippen molar-refractivity contribution < 1.29 is 14.6 Å². The summed E-state index contributed by atoms with van der Waals surface area (Å²) in [5.41, 5.74) is 1.98. The van der Waals surface area contributed by atoms with Crippen LogP contribution in [0.4, 0.5) is 0 Å². The number of carboxylic acid groups (broad SMARTS) is 1. The Hall–Kier alpha value is -1.88. The predicted octanol–water partition coefficient (Wildman–Crippen LogP) is 2.86. The van der Waals surface area contributed by atoms with Crippen molar-refractivity contribution in [2.24, 2.45) is 0 Å². The fourth-order valence-electron chi connectivity index (χ4n) is 2.24. The van der Waals surface area contributed by atoms with Crippen molar-refractivity contribution in [2.75, 3.05) is 13.2 Å². The first-order valence-corrected chi connectivity index (χ1v) is 6.91. The van der Waals surface area contributed by atoms with Crippen LogP contribution >= 0.6 is 0 Å². The number of carbonyl (C=O) groups is 1. The monoisotopic (exact) mass is 276 g/mol. The lowest BCUT2D eigenvalue weighted by molar-refractivity contribution is 0.0697. The molecule has 0 unspecified atom stereocenters. The van der Waals surface area contributed by atoms with Crippen molar-refractivity contribution in [2.45, 2.75) is 33.2 Å². The normalized spacial score (nSPS) is 11.1. The van der Waals surface area contributed by atoms with Crippen LogP contribution < -0.4 is 0 Å². The molecule has 0 saturated heterocycles. The maximum atomic E-state index is 11.0. The highest BCUT2D eigenvalue weighted by atomic mass is 16.5. The summed E-state index contributed by atoms with van der Waals surface area (Å²) in [5.74, 6) is -0.0231. The average Bonchev–Trinajstić information content (AvgIpc) is 2.73. The van der Waals surface area contributed by atoms with E-state index in [4.69, 9.17) is 9.84 Å². The third-order valence-corrected chi connectivity index (χ3v) is 3.20. The lowest BCUT2D eigenvalue weighted by atomic mass is 10.2. The molecule has 0 fully saturated rings. The van der Waals surface area contributed by atoms with Gasteiger partial charge in [0.25, 0.3) is 0 Å². The maximum Gasteiger partial charge on any atom is 0.335 e. The minimum atomic E-state index is -0.924. The van der Waals surface area contributed by atoms with E-state index >= 15 is 0 Å². The fraction of sp³-hybridized carbons (Fsp3) is 0.467. The molecule has 1 aromatic carbocycles. The molecule has 0 atom stereocenters. The molecule has 108 valence electrons. The largest absolute Gasteiger partial charge is 0.478 e. The minimum Gasteiger partial charge on any atom is -0.478 e. The number of ether oxygens (including phenoxy) is 1. The van der Waals surface area contributed by atoms with Gasteiger partial charge in [0.05, 0.1) is 16.6 Å². The molecule has 2 aromatic rings. The van der Waals surface area contributed by atoms with E-state index in [0.717, 1.165) is 49.5 Å². The number of carboxylic acids is 1. The second kappa shape index (κ2) is 6.52. The van der Waals surface area contributed by atoms with Crippen molar-refractivity contribution in [1.82, 2.24) is 9.55 Å². The molecular formula is C15H20N2O3. The van der Waals surface area contributed by atoms with Gasteiger partial charge >= 0.3 is 5.97 Å². The van der Waals surface area contributed by atoms with Gasteiger partial charge in [-0.1, -0.05) is 6.92 Å². The van der Waals surface area contributed by atoms with E-state index in [1.807, 2.05) is 13.0 Å². The van der Waals surface area contributed by atoms with Crippen LogP contribution in [0.25, 0.3) is 11.0 Å². The number of hydrogen-bond donors (Lipinski definition) is 1. The van der Waals surface area contributed by atoms with Gasteiger partial charge in [0.1, 0.15) is 5.82 Å². The number of benzene rings is 1. The van der Waals surface area contributed by atoms with E-state index in [9.17, 15) is 4.79 Å². The molecule has 20 heavy (non-hydrogen) atoms. The van der Waals surface area contributed by atoms with Crippen LogP contribution in [-0.4, -0.2) is 33.8 Å². The SMILES string of the molecule is CCCOCCCn1c(C)nc2cc(C(=O)O)ccc21. The number of fused-ring (bicyclic) bond motifs is 1. The molecule has 0 bridgehead atoms. The Morgan fingerprint density at radius 3 is 2.90 bits per heavy atom. The van der Waals surface area contributed by atoms with Crippen molar-refractivity contribution in [1.29, 1.82) is 0 Å². The molecule has 0 aliphatic heterocycles. The van der Waals surface area contributed by atoms with E-state index in [-0.39, 0.29) is 5.56 Å². The Morgan fingerprint density at radius 2 is 2.20 bits per heavy atom. The van der Waals surface area contributed by atoms with Gasteiger partial charge in [-0.25, -0.2) is 9.78 Å². The third-order valence-electron chi connectivity index (χ3n) is 3.20. The smallest absolute Gasteiger partial charge is 0.335 e. The molecule has 0 aliphatic carbocycles. The van der Waals surface area contributed by atoms with E-state index in [1.54, 1.807) is 12.1 Å². The van der Waals surface area contributed by atoms with Gasteiger partial charge in [0.2, 0.25) is 0 Å². The maximum absolute atomic E-state index is 11.0. The van der Waals surface area contributed by atoms with E-state index in [2.05, 4.69) is 16.5 Å². The number of aromatic carboxylic acids is 1. The lowest BCUT2D eigenvalue weighted by Crippen LogP contribution is -2.05. The van der Waals surface area contributed by atoms with Crippen molar-refractivity contribution >= 4 is 17.0 Å². The van der Waals surface area contributed by atoms with E-state index < -0.39 is 5.97 Å². The molecule has 0 saturated carbocycles. The average molecular weight is 276 g/mol. The molecule has 1 N–H and O–H groups in total. The number of aryl methyl sites for hydroxylation is 2. The van der Waals surface area contributed by atoms with Gasteiger partial charge in [-0.05, 0) is 38.0 Å². The lowest BCUT2D eigenvalue weighted by Gasteiger charge is -2.07. The number of hydrogen-bond acceptors (Lipinski definition) is 3. The molecule has 5 heteroatoms. The van der Waals surface area contributed by atoms with Crippen LogP contribution in [0.5, 0.6) is 0 Å². The molecule has 5 nitrogen and oxygen atoms in total. The summed E-state index contributed by atoms with van der Waals surface area (Å²) in [7, 11) is 0. The summed E-state index contributed by atoms with van der Waals surface area (Å²) >= 11 is 0. The van der Waals surface area contributed by atoms with Crippen LogP contribution in [-0.2, 0) is 11.3 Å². The predicted molar refractivity (Wildman–Crippen MR) is 77.2 cm³/mol. The van der Waals surface area contributed by atoms with Crippen LogP contribution in [0.2, 0.25) is 0 Å². The first-order chi connectivity index (χ1) is 9.63. The zero-order chi connectivity index (χ0) is 14.5. The van der Waals surface area contributed by atoms with Gasteiger partial charge in [-0.15, -0.1) is 0 Å². The summed E-state index contributed by atoms with van der Waals surface area (Å²) in [6.45, 7) is 6.39. The Kier molecular flexibility index (Phi) is 4.74. The highest BCUT2D eigenvalue weighted by Gasteiger charge is 2.10. The summed E-state index contributed by atoms with van der Waals surface area (Å²) in [5, 5.41) is 8.99. The first-order valence-electron chi connectivity index (χ1n) is 6.91. The van der Waals surface area contributed by atoms with Gasteiger partial charge in [0.15, 0.2) is 0 Å². The molecule has 0 aliphatic rings. The van der Waals surface area contributed by atoms with Crippen LogP contribution in [0.1, 0.15) is 35.9 Å². The first kappa shape index (κ1) is 14.5.